The van der Waals surface area contributed by atoms with Crippen LogP contribution in [0.3, 0.4) is 0 Å². The lowest BCUT2D eigenvalue weighted by molar-refractivity contribution is 0.0736. The van der Waals surface area contributed by atoms with Crippen molar-refractivity contribution < 1.29 is 9.53 Å². The Morgan fingerprint density at radius 3 is 2.80 bits per heavy atom. The zero-order chi connectivity index (χ0) is 14.5. The number of carbonyl (C=O) groups is 1. The fourth-order valence-electron chi connectivity index (χ4n) is 1.86. The highest BCUT2D eigenvalue weighted by atomic mass is 16.5. The molecular weight excluding hydrogens is 254 g/mol. The van der Waals surface area contributed by atoms with Crippen molar-refractivity contribution >= 4 is 5.91 Å². The van der Waals surface area contributed by atoms with Crippen molar-refractivity contribution in [3.05, 3.63) is 54.1 Å². The van der Waals surface area contributed by atoms with Crippen LogP contribution in [0.2, 0.25) is 0 Å². The molecule has 0 N–H and O–H groups in total. The van der Waals surface area contributed by atoms with Crippen LogP contribution in [0.4, 0.5) is 0 Å². The zero-order valence-corrected chi connectivity index (χ0v) is 11.8. The second-order valence-corrected chi connectivity index (χ2v) is 4.46. The second-order valence-electron chi connectivity index (χ2n) is 4.46. The van der Waals surface area contributed by atoms with Crippen molar-refractivity contribution in [2.24, 2.45) is 0 Å². The third-order valence-corrected chi connectivity index (χ3v) is 3.25. The predicted molar refractivity (Wildman–Crippen MR) is 75.5 cm³/mol. The molecule has 2 aromatic heterocycles. The maximum atomic E-state index is 12.4. The number of hydrogen-bond donors (Lipinski definition) is 0. The van der Waals surface area contributed by atoms with Crippen LogP contribution in [-0.4, -0.2) is 34.9 Å². The lowest BCUT2D eigenvalue weighted by atomic mass is 10.1. The van der Waals surface area contributed by atoms with Crippen LogP contribution in [0, 0.1) is 0 Å². The van der Waals surface area contributed by atoms with E-state index < -0.39 is 0 Å². The van der Waals surface area contributed by atoms with E-state index in [0.29, 0.717) is 11.4 Å². The molecule has 20 heavy (non-hydrogen) atoms. The third kappa shape index (κ3) is 2.93. The molecule has 2 heterocycles. The molecule has 104 valence electrons. The van der Waals surface area contributed by atoms with Gasteiger partial charge in [-0.25, -0.2) is 0 Å². The molecule has 0 bridgehead atoms. The number of rotatable bonds is 4. The first-order valence-corrected chi connectivity index (χ1v) is 6.30. The van der Waals surface area contributed by atoms with E-state index in [1.54, 1.807) is 49.8 Å². The summed E-state index contributed by atoms with van der Waals surface area (Å²) in [6, 6.07) is 7.06. The molecule has 0 saturated heterocycles. The minimum Gasteiger partial charge on any atom is -0.497 e. The summed E-state index contributed by atoms with van der Waals surface area (Å²) in [5, 5.41) is 0. The first-order chi connectivity index (χ1) is 9.63. The second kappa shape index (κ2) is 6.14. The number of ether oxygens (including phenoxy) is 1. The summed E-state index contributed by atoms with van der Waals surface area (Å²) in [6.07, 6.45) is 5.03. The number of pyridine rings is 2. The van der Waals surface area contributed by atoms with Crippen LogP contribution in [-0.2, 0) is 0 Å². The van der Waals surface area contributed by atoms with Gasteiger partial charge in [-0.15, -0.1) is 0 Å². The molecule has 2 rings (SSSR count). The molecular formula is C15H17N3O2. The predicted octanol–water partition coefficient (Wildman–Crippen LogP) is 2.32. The van der Waals surface area contributed by atoms with Crippen molar-refractivity contribution in [1.82, 2.24) is 14.9 Å². The van der Waals surface area contributed by atoms with Gasteiger partial charge in [0.25, 0.3) is 5.91 Å². The van der Waals surface area contributed by atoms with Crippen molar-refractivity contribution in [2.75, 3.05) is 14.2 Å². The molecule has 0 aromatic carbocycles. The lowest BCUT2D eigenvalue weighted by Crippen LogP contribution is -2.30. The summed E-state index contributed by atoms with van der Waals surface area (Å²) in [5.41, 5.74) is 1.34. The van der Waals surface area contributed by atoms with Gasteiger partial charge in [0.2, 0.25) is 0 Å². The SMILES string of the molecule is COc1ccnc(C(=O)N(C)[C@H](C)c2cccnc2)c1. The molecule has 0 radical (unpaired) electrons. The van der Waals surface area contributed by atoms with E-state index in [0.717, 1.165) is 5.56 Å². The molecule has 0 spiro atoms. The molecule has 0 fully saturated rings. The van der Waals surface area contributed by atoms with Crippen molar-refractivity contribution in [3.8, 4) is 5.75 Å². The summed E-state index contributed by atoms with van der Waals surface area (Å²) in [5.74, 6) is 0.464. The normalized spacial score (nSPS) is 11.8. The highest BCUT2D eigenvalue weighted by molar-refractivity contribution is 5.92. The molecule has 5 nitrogen and oxygen atoms in total. The van der Waals surface area contributed by atoms with Crippen LogP contribution in [0.15, 0.2) is 42.9 Å². The van der Waals surface area contributed by atoms with E-state index in [1.165, 1.54) is 0 Å². The molecule has 0 aliphatic carbocycles. The average Bonchev–Trinajstić information content (AvgIpc) is 2.53. The van der Waals surface area contributed by atoms with Gasteiger partial charge in [-0.1, -0.05) is 6.07 Å². The standard InChI is InChI=1S/C15H17N3O2/c1-11(12-5-4-7-16-10-12)18(2)15(19)14-9-13(20-3)6-8-17-14/h4-11H,1-3H3/t11-/m1/s1. The number of carbonyl (C=O) groups excluding carboxylic acids is 1. The Hall–Kier alpha value is -2.43. The van der Waals surface area contributed by atoms with Gasteiger partial charge in [-0.3, -0.25) is 14.8 Å². The maximum absolute atomic E-state index is 12.4. The Morgan fingerprint density at radius 1 is 1.35 bits per heavy atom. The Bertz CT molecular complexity index is 587. The van der Waals surface area contributed by atoms with Gasteiger partial charge in [-0.05, 0) is 24.6 Å². The van der Waals surface area contributed by atoms with Gasteiger partial charge in [0.05, 0.1) is 13.2 Å². The van der Waals surface area contributed by atoms with Crippen LogP contribution < -0.4 is 4.74 Å². The lowest BCUT2D eigenvalue weighted by Gasteiger charge is -2.24. The largest absolute Gasteiger partial charge is 0.497 e. The van der Waals surface area contributed by atoms with E-state index in [4.69, 9.17) is 4.74 Å². The topological polar surface area (TPSA) is 55.3 Å². The molecule has 0 aliphatic rings. The quantitative estimate of drug-likeness (QED) is 0.856. The number of amides is 1. The number of nitrogens with zero attached hydrogens (tertiary/aromatic N) is 3. The fraction of sp³-hybridized carbons (Fsp3) is 0.267. The van der Waals surface area contributed by atoms with Gasteiger partial charge >= 0.3 is 0 Å². The molecule has 0 unspecified atom stereocenters. The summed E-state index contributed by atoms with van der Waals surface area (Å²) >= 11 is 0. The smallest absolute Gasteiger partial charge is 0.272 e. The summed E-state index contributed by atoms with van der Waals surface area (Å²) in [4.78, 5) is 22.2. The van der Waals surface area contributed by atoms with Crippen molar-refractivity contribution in [2.45, 2.75) is 13.0 Å². The minimum atomic E-state index is -0.153. The first-order valence-electron chi connectivity index (χ1n) is 6.30. The van der Waals surface area contributed by atoms with E-state index >= 15 is 0 Å². The van der Waals surface area contributed by atoms with Gasteiger partial charge < -0.3 is 9.64 Å². The number of methoxy groups -OCH3 is 1. The van der Waals surface area contributed by atoms with E-state index in [2.05, 4.69) is 9.97 Å². The summed E-state index contributed by atoms with van der Waals surface area (Å²) < 4.78 is 5.11. The van der Waals surface area contributed by atoms with E-state index in [1.807, 2.05) is 19.1 Å². The van der Waals surface area contributed by atoms with Crippen LogP contribution in [0.1, 0.15) is 29.0 Å². The molecule has 1 atom stereocenters. The highest BCUT2D eigenvalue weighted by Crippen LogP contribution is 2.20. The molecule has 1 amide bonds. The van der Waals surface area contributed by atoms with Crippen LogP contribution in [0.5, 0.6) is 5.75 Å². The van der Waals surface area contributed by atoms with E-state index in [9.17, 15) is 4.79 Å². The molecule has 5 heteroatoms. The van der Waals surface area contributed by atoms with Gasteiger partial charge in [0.15, 0.2) is 0 Å². The van der Waals surface area contributed by atoms with Gasteiger partial charge in [0.1, 0.15) is 11.4 Å². The molecule has 0 aliphatic heterocycles. The van der Waals surface area contributed by atoms with Crippen LogP contribution in [0.25, 0.3) is 0 Å². The molecule has 0 saturated carbocycles. The summed E-state index contributed by atoms with van der Waals surface area (Å²) in [7, 11) is 3.31. The Kier molecular flexibility index (Phi) is 4.30. The summed E-state index contributed by atoms with van der Waals surface area (Å²) in [6.45, 7) is 1.95. The van der Waals surface area contributed by atoms with E-state index in [-0.39, 0.29) is 11.9 Å². The van der Waals surface area contributed by atoms with Gasteiger partial charge in [-0.2, -0.15) is 0 Å². The third-order valence-electron chi connectivity index (χ3n) is 3.25. The number of aromatic nitrogens is 2. The fourth-order valence-corrected chi connectivity index (χ4v) is 1.86. The van der Waals surface area contributed by atoms with Crippen LogP contribution >= 0.6 is 0 Å². The Balaban J connectivity index is 2.19. The van der Waals surface area contributed by atoms with Gasteiger partial charge in [0, 0.05) is 31.7 Å². The Morgan fingerprint density at radius 2 is 2.15 bits per heavy atom. The Labute approximate surface area is 118 Å². The average molecular weight is 271 g/mol. The molecule has 2 aromatic rings. The first kappa shape index (κ1) is 14.0. The van der Waals surface area contributed by atoms with Crippen molar-refractivity contribution in [3.63, 3.8) is 0 Å². The number of hydrogen-bond acceptors (Lipinski definition) is 4. The minimum absolute atomic E-state index is 0.0794. The zero-order valence-electron chi connectivity index (χ0n) is 11.8. The maximum Gasteiger partial charge on any atom is 0.272 e. The van der Waals surface area contributed by atoms with Crippen molar-refractivity contribution in [1.29, 1.82) is 0 Å². The monoisotopic (exact) mass is 271 g/mol. The highest BCUT2D eigenvalue weighted by Gasteiger charge is 2.20.